The number of halogens is 1. The van der Waals surface area contributed by atoms with Crippen LogP contribution in [0.25, 0.3) is 0 Å². The molecule has 1 aliphatic heterocycles. The molecular weight excluding hydrogens is 280 g/mol. The van der Waals surface area contributed by atoms with Gasteiger partial charge < -0.3 is 0 Å². The number of aryl methyl sites for hydroxylation is 1. The van der Waals surface area contributed by atoms with E-state index in [1.165, 1.54) is 0 Å². The Morgan fingerprint density at radius 2 is 1.95 bits per heavy atom. The zero-order chi connectivity index (χ0) is 14.5. The molecule has 5 nitrogen and oxygen atoms in total. The molecule has 104 valence electrons. The van der Waals surface area contributed by atoms with Crippen LogP contribution in [0.5, 0.6) is 0 Å². The highest BCUT2D eigenvalue weighted by atomic mass is 35.5. The Kier molecular flexibility index (Phi) is 2.83. The van der Waals surface area contributed by atoms with Gasteiger partial charge in [0.25, 0.3) is 5.91 Å². The van der Waals surface area contributed by atoms with Crippen molar-refractivity contribution in [1.29, 1.82) is 0 Å². The van der Waals surface area contributed by atoms with Crippen LogP contribution in [0.1, 0.15) is 24.8 Å². The molecule has 0 radical (unpaired) electrons. The van der Waals surface area contributed by atoms with Gasteiger partial charge in [-0.2, -0.15) is 0 Å². The third kappa shape index (κ3) is 1.66. The first-order valence-electron chi connectivity index (χ1n) is 6.42. The van der Waals surface area contributed by atoms with E-state index in [1.807, 2.05) is 6.92 Å². The van der Waals surface area contributed by atoms with Crippen molar-refractivity contribution in [3.63, 3.8) is 0 Å². The Morgan fingerprint density at radius 3 is 2.55 bits per heavy atom. The third-order valence-electron chi connectivity index (χ3n) is 4.02. The van der Waals surface area contributed by atoms with Gasteiger partial charge in [-0.15, -0.1) is 0 Å². The quantitative estimate of drug-likeness (QED) is 0.808. The second-order valence-electron chi connectivity index (χ2n) is 5.29. The summed E-state index contributed by atoms with van der Waals surface area (Å²) in [4.78, 5) is 37.6. The summed E-state index contributed by atoms with van der Waals surface area (Å²) in [5.41, 5.74) is 0.124. The van der Waals surface area contributed by atoms with Crippen LogP contribution in [0.15, 0.2) is 18.2 Å². The molecule has 3 rings (SSSR count). The summed E-state index contributed by atoms with van der Waals surface area (Å²) >= 11 is 6.09. The van der Waals surface area contributed by atoms with Gasteiger partial charge in [0.2, 0.25) is 5.91 Å². The molecule has 0 atom stereocenters. The van der Waals surface area contributed by atoms with Crippen LogP contribution in [-0.4, -0.2) is 17.8 Å². The second-order valence-corrected chi connectivity index (χ2v) is 5.70. The SMILES string of the molecule is Cc1ccc(Cl)c(N2C(=O)NC(=O)C3(CCC3)C2=O)c1. The van der Waals surface area contributed by atoms with Gasteiger partial charge >= 0.3 is 6.03 Å². The molecule has 4 amide bonds. The third-order valence-corrected chi connectivity index (χ3v) is 4.34. The molecule has 0 aromatic heterocycles. The lowest BCUT2D eigenvalue weighted by Gasteiger charge is -2.44. The minimum atomic E-state index is -1.08. The maximum absolute atomic E-state index is 12.6. The summed E-state index contributed by atoms with van der Waals surface area (Å²) in [6.07, 6.45) is 1.76. The number of hydrogen-bond donors (Lipinski definition) is 1. The highest BCUT2D eigenvalue weighted by Crippen LogP contribution is 2.46. The molecule has 20 heavy (non-hydrogen) atoms. The number of imide groups is 2. The molecular formula is C14H13ClN2O3. The zero-order valence-electron chi connectivity index (χ0n) is 10.9. The molecule has 1 saturated carbocycles. The first-order valence-corrected chi connectivity index (χ1v) is 6.80. The van der Waals surface area contributed by atoms with Gasteiger partial charge in [0.05, 0.1) is 10.7 Å². The smallest absolute Gasteiger partial charge is 0.276 e. The van der Waals surface area contributed by atoms with Gasteiger partial charge in [0, 0.05) is 0 Å². The van der Waals surface area contributed by atoms with E-state index < -0.39 is 23.3 Å². The van der Waals surface area contributed by atoms with Crippen LogP contribution < -0.4 is 10.2 Å². The largest absolute Gasteiger partial charge is 0.335 e. The number of hydrogen-bond acceptors (Lipinski definition) is 3. The van der Waals surface area contributed by atoms with E-state index >= 15 is 0 Å². The van der Waals surface area contributed by atoms with Crippen LogP contribution in [0.4, 0.5) is 10.5 Å². The molecule has 6 heteroatoms. The number of urea groups is 1. The number of anilines is 1. The molecule has 1 spiro atoms. The van der Waals surface area contributed by atoms with Gasteiger partial charge in [-0.1, -0.05) is 24.1 Å². The van der Waals surface area contributed by atoms with Crippen molar-refractivity contribution >= 4 is 35.1 Å². The van der Waals surface area contributed by atoms with E-state index in [0.29, 0.717) is 23.6 Å². The summed E-state index contributed by atoms with van der Waals surface area (Å²) in [5, 5.41) is 2.57. The molecule has 1 N–H and O–H groups in total. The first-order chi connectivity index (χ1) is 9.45. The number of carbonyl (C=O) groups is 3. The van der Waals surface area contributed by atoms with E-state index in [-0.39, 0.29) is 0 Å². The Bertz CT molecular complexity index is 637. The van der Waals surface area contributed by atoms with E-state index in [9.17, 15) is 14.4 Å². The number of nitrogens with zero attached hydrogens (tertiary/aromatic N) is 1. The average Bonchev–Trinajstić information content (AvgIpc) is 2.31. The van der Waals surface area contributed by atoms with Crippen LogP contribution >= 0.6 is 11.6 Å². The standard InChI is InChI=1S/C14H13ClN2O3/c1-8-3-4-9(15)10(7-8)17-12(19)14(5-2-6-14)11(18)16-13(17)20/h3-4,7H,2,5-6H2,1H3,(H,16,18,20). The highest BCUT2D eigenvalue weighted by molar-refractivity contribution is 6.37. The fraction of sp³-hybridized carbons (Fsp3) is 0.357. The highest BCUT2D eigenvalue weighted by Gasteiger charge is 2.57. The normalized spacial score (nSPS) is 20.9. The molecule has 2 aliphatic rings. The second kappa shape index (κ2) is 4.31. The van der Waals surface area contributed by atoms with Crippen molar-refractivity contribution in [1.82, 2.24) is 5.32 Å². The molecule has 1 aliphatic carbocycles. The number of benzene rings is 1. The fourth-order valence-corrected chi connectivity index (χ4v) is 2.86. The lowest BCUT2D eigenvalue weighted by atomic mass is 9.66. The maximum Gasteiger partial charge on any atom is 0.335 e. The first kappa shape index (κ1) is 13.1. The number of carbonyl (C=O) groups excluding carboxylic acids is 3. The van der Waals surface area contributed by atoms with Crippen LogP contribution in [0.3, 0.4) is 0 Å². The Labute approximate surface area is 120 Å². The number of amides is 4. The topological polar surface area (TPSA) is 66.5 Å². The van der Waals surface area contributed by atoms with E-state index in [1.54, 1.807) is 18.2 Å². The lowest BCUT2D eigenvalue weighted by Crippen LogP contribution is -2.66. The Morgan fingerprint density at radius 1 is 1.25 bits per heavy atom. The molecule has 1 saturated heterocycles. The van der Waals surface area contributed by atoms with Gasteiger partial charge in [0.1, 0.15) is 5.41 Å². The minimum Gasteiger partial charge on any atom is -0.276 e. The van der Waals surface area contributed by atoms with Crippen molar-refractivity contribution in [3.8, 4) is 0 Å². The van der Waals surface area contributed by atoms with Crippen molar-refractivity contribution in [2.24, 2.45) is 5.41 Å². The number of barbiturate groups is 1. The van der Waals surface area contributed by atoms with Gasteiger partial charge in [-0.25, -0.2) is 9.69 Å². The molecule has 0 bridgehead atoms. The van der Waals surface area contributed by atoms with Crippen LogP contribution in [0, 0.1) is 12.3 Å². The molecule has 1 heterocycles. The van der Waals surface area contributed by atoms with Gasteiger partial charge in [-0.3, -0.25) is 14.9 Å². The van der Waals surface area contributed by atoms with E-state index in [0.717, 1.165) is 16.9 Å². The van der Waals surface area contributed by atoms with Gasteiger partial charge in [0.15, 0.2) is 0 Å². The van der Waals surface area contributed by atoms with E-state index in [4.69, 9.17) is 11.6 Å². The number of nitrogens with one attached hydrogen (secondary N) is 1. The Balaban J connectivity index is 2.08. The predicted molar refractivity (Wildman–Crippen MR) is 73.5 cm³/mol. The van der Waals surface area contributed by atoms with Crippen LogP contribution in [0.2, 0.25) is 5.02 Å². The molecule has 0 unspecified atom stereocenters. The molecule has 1 aromatic carbocycles. The van der Waals surface area contributed by atoms with Crippen molar-refractivity contribution in [3.05, 3.63) is 28.8 Å². The zero-order valence-corrected chi connectivity index (χ0v) is 11.7. The summed E-state index contributed by atoms with van der Waals surface area (Å²) in [5.74, 6) is -0.955. The van der Waals surface area contributed by atoms with E-state index in [2.05, 4.69) is 5.32 Å². The summed E-state index contributed by atoms with van der Waals surface area (Å²) in [7, 11) is 0. The monoisotopic (exact) mass is 292 g/mol. The minimum absolute atomic E-state index is 0.308. The molecule has 1 aromatic rings. The fourth-order valence-electron chi connectivity index (χ4n) is 2.66. The number of rotatable bonds is 1. The average molecular weight is 293 g/mol. The van der Waals surface area contributed by atoms with Crippen LogP contribution in [-0.2, 0) is 9.59 Å². The predicted octanol–water partition coefficient (Wildman–Crippen LogP) is 2.40. The lowest BCUT2D eigenvalue weighted by molar-refractivity contribution is -0.148. The summed E-state index contributed by atoms with van der Waals surface area (Å²) in [6.45, 7) is 1.84. The summed E-state index contributed by atoms with van der Waals surface area (Å²) < 4.78 is 0. The summed E-state index contributed by atoms with van der Waals surface area (Å²) in [6, 6.07) is 4.37. The maximum atomic E-state index is 12.6. The van der Waals surface area contributed by atoms with Crippen molar-refractivity contribution in [2.75, 3.05) is 4.90 Å². The van der Waals surface area contributed by atoms with Crippen molar-refractivity contribution in [2.45, 2.75) is 26.2 Å². The molecule has 2 fully saturated rings. The Hall–Kier alpha value is -1.88. The van der Waals surface area contributed by atoms with Gasteiger partial charge in [-0.05, 0) is 37.5 Å². The van der Waals surface area contributed by atoms with Crippen molar-refractivity contribution < 1.29 is 14.4 Å².